The lowest BCUT2D eigenvalue weighted by atomic mass is 9.90. The van der Waals surface area contributed by atoms with Crippen LogP contribution >= 0.6 is 0 Å². The third-order valence-electron chi connectivity index (χ3n) is 4.60. The number of amides is 1. The van der Waals surface area contributed by atoms with Crippen molar-refractivity contribution in [3.8, 4) is 0 Å². The smallest absolute Gasteiger partial charge is 0.241 e. The van der Waals surface area contributed by atoms with Crippen molar-refractivity contribution in [1.82, 2.24) is 10.2 Å². The second-order valence-electron chi connectivity index (χ2n) is 6.19. The fraction of sp³-hybridized carbons (Fsp3) is 0.562. The van der Waals surface area contributed by atoms with E-state index in [9.17, 15) is 4.79 Å². The summed E-state index contributed by atoms with van der Waals surface area (Å²) in [6.45, 7) is 5.59. The summed E-state index contributed by atoms with van der Waals surface area (Å²) >= 11 is 0. The van der Waals surface area contributed by atoms with Crippen LogP contribution in [0.25, 0.3) is 0 Å². The minimum Gasteiger partial charge on any atom is -0.310 e. The van der Waals surface area contributed by atoms with E-state index in [1.807, 2.05) is 11.9 Å². The van der Waals surface area contributed by atoms with Crippen LogP contribution in [-0.4, -0.2) is 44.0 Å². The van der Waals surface area contributed by atoms with Gasteiger partial charge in [0, 0.05) is 24.3 Å². The zero-order valence-corrected chi connectivity index (χ0v) is 12.4. The first kappa shape index (κ1) is 13.6. The highest BCUT2D eigenvalue weighted by atomic mass is 16.2. The molecule has 3 rings (SSSR count). The predicted octanol–water partition coefficient (Wildman–Crippen LogP) is 1.56. The van der Waals surface area contributed by atoms with Gasteiger partial charge in [-0.05, 0) is 51.1 Å². The van der Waals surface area contributed by atoms with Crippen LogP contribution < -0.4 is 10.2 Å². The number of anilines is 1. The maximum atomic E-state index is 12.1. The maximum absolute atomic E-state index is 12.1. The van der Waals surface area contributed by atoms with Gasteiger partial charge in [-0.2, -0.15) is 0 Å². The molecule has 20 heavy (non-hydrogen) atoms. The van der Waals surface area contributed by atoms with E-state index < -0.39 is 0 Å². The Kier molecular flexibility index (Phi) is 3.52. The summed E-state index contributed by atoms with van der Waals surface area (Å²) in [5.74, 6) is 0.191. The Morgan fingerprint density at radius 1 is 1.20 bits per heavy atom. The zero-order chi connectivity index (χ0) is 14.2. The number of nitrogens with zero attached hydrogens (tertiary/aromatic N) is 2. The average molecular weight is 273 g/mol. The van der Waals surface area contributed by atoms with Gasteiger partial charge >= 0.3 is 0 Å². The Morgan fingerprint density at radius 2 is 1.95 bits per heavy atom. The summed E-state index contributed by atoms with van der Waals surface area (Å²) in [5.41, 5.74) is 2.44. The standard InChI is InChI=1S/C16H23N3O/c1-16(8-3-9-17-16)13-4-6-14(7-5-13)19-11-10-18(2)12-15(19)20/h4-7,17H,3,8-12H2,1-2H3. The van der Waals surface area contributed by atoms with E-state index in [1.54, 1.807) is 0 Å². The van der Waals surface area contributed by atoms with E-state index in [-0.39, 0.29) is 11.4 Å². The molecule has 0 spiro atoms. The molecule has 1 atom stereocenters. The number of benzene rings is 1. The average Bonchev–Trinajstić information content (AvgIpc) is 2.87. The van der Waals surface area contributed by atoms with Crippen molar-refractivity contribution in [2.45, 2.75) is 25.3 Å². The molecular weight excluding hydrogens is 250 g/mol. The highest BCUT2D eigenvalue weighted by Gasteiger charge is 2.30. The van der Waals surface area contributed by atoms with Crippen LogP contribution in [0, 0.1) is 0 Å². The van der Waals surface area contributed by atoms with Crippen molar-refractivity contribution in [2.75, 3.05) is 38.1 Å². The molecule has 1 aromatic rings. The number of hydrogen-bond donors (Lipinski definition) is 1. The summed E-state index contributed by atoms with van der Waals surface area (Å²) in [4.78, 5) is 16.0. The van der Waals surface area contributed by atoms with Crippen LogP contribution in [0.3, 0.4) is 0 Å². The topological polar surface area (TPSA) is 35.6 Å². The Hall–Kier alpha value is -1.39. The van der Waals surface area contributed by atoms with Crippen LogP contribution in [-0.2, 0) is 10.3 Å². The van der Waals surface area contributed by atoms with E-state index in [1.165, 1.54) is 18.4 Å². The molecule has 1 aromatic carbocycles. The minimum atomic E-state index is 0.102. The molecule has 0 aliphatic carbocycles. The molecule has 2 aliphatic heterocycles. The third kappa shape index (κ3) is 2.45. The largest absolute Gasteiger partial charge is 0.310 e. The van der Waals surface area contributed by atoms with Crippen molar-refractivity contribution in [1.29, 1.82) is 0 Å². The first-order valence-electron chi connectivity index (χ1n) is 7.43. The first-order chi connectivity index (χ1) is 9.58. The van der Waals surface area contributed by atoms with Gasteiger partial charge in [0.15, 0.2) is 0 Å². The third-order valence-corrected chi connectivity index (χ3v) is 4.60. The van der Waals surface area contributed by atoms with Gasteiger partial charge in [-0.15, -0.1) is 0 Å². The first-order valence-corrected chi connectivity index (χ1v) is 7.43. The van der Waals surface area contributed by atoms with Gasteiger partial charge in [0.2, 0.25) is 5.91 Å². The van der Waals surface area contributed by atoms with Crippen LogP contribution in [0.15, 0.2) is 24.3 Å². The molecule has 0 radical (unpaired) electrons. The summed E-state index contributed by atoms with van der Waals surface area (Å²) in [7, 11) is 1.99. The van der Waals surface area contributed by atoms with E-state index >= 15 is 0 Å². The number of rotatable bonds is 2. The molecule has 2 aliphatic rings. The Morgan fingerprint density at radius 3 is 2.55 bits per heavy atom. The Balaban J connectivity index is 1.78. The molecule has 2 saturated heterocycles. The zero-order valence-electron chi connectivity index (χ0n) is 12.4. The van der Waals surface area contributed by atoms with Crippen molar-refractivity contribution in [2.24, 2.45) is 0 Å². The summed E-state index contributed by atoms with van der Waals surface area (Å²) in [5, 5.41) is 3.58. The molecule has 108 valence electrons. The summed E-state index contributed by atoms with van der Waals surface area (Å²) < 4.78 is 0. The highest BCUT2D eigenvalue weighted by Crippen LogP contribution is 2.31. The SMILES string of the molecule is CN1CCN(c2ccc(C3(C)CCCN3)cc2)C(=O)C1. The van der Waals surface area contributed by atoms with Crippen molar-refractivity contribution in [3.63, 3.8) is 0 Å². The van der Waals surface area contributed by atoms with Crippen LogP contribution in [0.1, 0.15) is 25.3 Å². The molecule has 1 N–H and O–H groups in total. The number of nitrogens with one attached hydrogen (secondary N) is 1. The fourth-order valence-corrected chi connectivity index (χ4v) is 3.21. The van der Waals surface area contributed by atoms with E-state index in [2.05, 4.69) is 41.4 Å². The maximum Gasteiger partial charge on any atom is 0.241 e. The number of carbonyl (C=O) groups excluding carboxylic acids is 1. The molecule has 0 aromatic heterocycles. The number of hydrogen-bond acceptors (Lipinski definition) is 3. The molecule has 2 fully saturated rings. The number of likely N-dealkylation sites (N-methyl/N-ethyl adjacent to an activating group) is 1. The lowest BCUT2D eigenvalue weighted by molar-refractivity contribution is -0.120. The summed E-state index contributed by atoms with van der Waals surface area (Å²) in [6, 6.07) is 8.51. The van der Waals surface area contributed by atoms with Crippen LogP contribution in [0.2, 0.25) is 0 Å². The molecule has 0 bridgehead atoms. The van der Waals surface area contributed by atoms with Gasteiger partial charge in [0.25, 0.3) is 0 Å². The van der Waals surface area contributed by atoms with Gasteiger partial charge in [-0.25, -0.2) is 0 Å². The molecule has 1 amide bonds. The molecule has 4 nitrogen and oxygen atoms in total. The van der Waals surface area contributed by atoms with E-state index in [0.29, 0.717) is 6.54 Å². The van der Waals surface area contributed by atoms with Crippen molar-refractivity contribution < 1.29 is 4.79 Å². The molecule has 0 saturated carbocycles. The minimum absolute atomic E-state index is 0.102. The highest BCUT2D eigenvalue weighted by molar-refractivity contribution is 5.95. The Labute approximate surface area is 120 Å². The Bertz CT molecular complexity index is 491. The van der Waals surface area contributed by atoms with Gasteiger partial charge in [0.05, 0.1) is 6.54 Å². The van der Waals surface area contributed by atoms with Crippen molar-refractivity contribution in [3.05, 3.63) is 29.8 Å². The predicted molar refractivity (Wildman–Crippen MR) is 80.9 cm³/mol. The molecular formula is C16H23N3O. The fourth-order valence-electron chi connectivity index (χ4n) is 3.21. The lowest BCUT2D eigenvalue weighted by Gasteiger charge is -2.32. The molecule has 2 heterocycles. The second kappa shape index (κ2) is 5.19. The van der Waals surface area contributed by atoms with Gasteiger partial charge < -0.3 is 10.2 Å². The van der Waals surface area contributed by atoms with E-state index in [0.717, 1.165) is 25.3 Å². The molecule has 1 unspecified atom stereocenters. The van der Waals surface area contributed by atoms with Gasteiger partial charge in [-0.1, -0.05) is 12.1 Å². The number of piperazine rings is 1. The van der Waals surface area contributed by atoms with Crippen LogP contribution in [0.4, 0.5) is 5.69 Å². The summed E-state index contributed by atoms with van der Waals surface area (Å²) in [6.07, 6.45) is 2.41. The van der Waals surface area contributed by atoms with Crippen LogP contribution in [0.5, 0.6) is 0 Å². The van der Waals surface area contributed by atoms with Gasteiger partial charge in [0.1, 0.15) is 0 Å². The second-order valence-corrected chi connectivity index (χ2v) is 6.19. The number of carbonyl (C=O) groups is 1. The lowest BCUT2D eigenvalue weighted by Crippen LogP contribution is -2.48. The quantitative estimate of drug-likeness (QED) is 0.888. The van der Waals surface area contributed by atoms with E-state index in [4.69, 9.17) is 0 Å². The molecule has 4 heteroatoms. The normalized spacial score (nSPS) is 28.1. The van der Waals surface area contributed by atoms with Gasteiger partial charge in [-0.3, -0.25) is 9.69 Å². The monoisotopic (exact) mass is 273 g/mol. The van der Waals surface area contributed by atoms with Crippen molar-refractivity contribution >= 4 is 11.6 Å².